The van der Waals surface area contributed by atoms with Crippen molar-refractivity contribution in [2.45, 2.75) is 46.1 Å². The van der Waals surface area contributed by atoms with Gasteiger partial charge in [-0.15, -0.1) is 0 Å². The molecule has 0 spiro atoms. The van der Waals surface area contributed by atoms with E-state index in [0.717, 1.165) is 17.8 Å². The molecule has 0 atom stereocenters. The highest BCUT2D eigenvalue weighted by Gasteiger charge is 2.19. The maximum Gasteiger partial charge on any atom is 0.273 e. The van der Waals surface area contributed by atoms with Crippen LogP contribution in [0.15, 0.2) is 46.6 Å². The lowest BCUT2D eigenvalue weighted by molar-refractivity contribution is 0.184. The van der Waals surface area contributed by atoms with Crippen molar-refractivity contribution in [1.29, 1.82) is 0 Å². The van der Waals surface area contributed by atoms with Crippen molar-refractivity contribution in [3.8, 4) is 5.75 Å². The van der Waals surface area contributed by atoms with Gasteiger partial charge in [0, 0.05) is 13.0 Å². The summed E-state index contributed by atoms with van der Waals surface area (Å²) in [5.74, 6) is 1.27. The Labute approximate surface area is 154 Å². The van der Waals surface area contributed by atoms with Crippen LogP contribution in [0.25, 0.3) is 0 Å². The van der Waals surface area contributed by atoms with Crippen LogP contribution in [0.1, 0.15) is 39.2 Å². The van der Waals surface area contributed by atoms with Gasteiger partial charge in [-0.3, -0.25) is 4.79 Å². The lowest BCUT2D eigenvalue weighted by atomic mass is 10.1. The Balaban J connectivity index is 2.04. The molecule has 26 heavy (non-hydrogen) atoms. The summed E-state index contributed by atoms with van der Waals surface area (Å²) < 4.78 is 12.9. The molecule has 0 radical (unpaired) electrons. The highest BCUT2D eigenvalue weighted by Crippen LogP contribution is 2.18. The molecule has 2 rings (SSSR count). The molecule has 0 aromatic carbocycles. The van der Waals surface area contributed by atoms with E-state index >= 15 is 0 Å². The third kappa shape index (κ3) is 5.33. The average molecular weight is 360 g/mol. The summed E-state index contributed by atoms with van der Waals surface area (Å²) in [6.45, 7) is 8.57. The van der Waals surface area contributed by atoms with Crippen LogP contribution in [0, 0.1) is 6.92 Å². The molecule has 1 aromatic heterocycles. The van der Waals surface area contributed by atoms with Crippen molar-refractivity contribution in [3.05, 3.63) is 57.8 Å². The number of ether oxygens (including phenoxy) is 2. The van der Waals surface area contributed by atoms with E-state index in [2.05, 4.69) is 5.10 Å². The number of rotatable bonds is 7. The van der Waals surface area contributed by atoms with Crippen molar-refractivity contribution in [1.82, 2.24) is 9.78 Å². The minimum Gasteiger partial charge on any atom is -0.494 e. The normalized spacial score (nSPS) is 14.5. The molecular formula is C20H28N2O4. The van der Waals surface area contributed by atoms with Crippen LogP contribution in [0.2, 0.25) is 0 Å². The predicted octanol–water partition coefficient (Wildman–Crippen LogP) is 2.85. The van der Waals surface area contributed by atoms with Crippen molar-refractivity contribution in [2.24, 2.45) is 0 Å². The first-order chi connectivity index (χ1) is 12.3. The zero-order valence-electron chi connectivity index (χ0n) is 16.0. The standard InChI is InChI=1S/C20H28N2O4/c1-15-18(13-21-22(19(15)24)20(2,3)4)26-14-16-7-5-8-17(10-9-16)25-12-6-11-23/h5,8-10,13,23H,6-7,11-12,14H2,1-4H3. The molecule has 1 heterocycles. The number of allylic oxidation sites excluding steroid dienone is 4. The van der Waals surface area contributed by atoms with Gasteiger partial charge in [0.15, 0.2) is 0 Å². The summed E-state index contributed by atoms with van der Waals surface area (Å²) in [7, 11) is 0. The molecule has 6 nitrogen and oxygen atoms in total. The van der Waals surface area contributed by atoms with Crippen molar-refractivity contribution in [2.75, 3.05) is 19.8 Å². The lowest BCUT2D eigenvalue weighted by Crippen LogP contribution is -2.37. The first-order valence-corrected chi connectivity index (χ1v) is 8.85. The van der Waals surface area contributed by atoms with Crippen molar-refractivity contribution < 1.29 is 14.6 Å². The molecule has 0 amide bonds. The number of nitrogens with zero attached hydrogens (tertiary/aromatic N) is 2. The second kappa shape index (κ2) is 8.85. The largest absolute Gasteiger partial charge is 0.494 e. The Morgan fingerprint density at radius 3 is 2.73 bits per heavy atom. The minimum atomic E-state index is -0.369. The fourth-order valence-electron chi connectivity index (χ4n) is 2.43. The number of hydrogen-bond acceptors (Lipinski definition) is 5. The number of hydrogen-bond donors (Lipinski definition) is 1. The SMILES string of the molecule is Cc1c(OCC2=CC=C(OCCCO)C=CC2)cnn(C(C)(C)C)c1=O. The monoisotopic (exact) mass is 360 g/mol. The van der Waals surface area contributed by atoms with Gasteiger partial charge in [0.2, 0.25) is 0 Å². The Hall–Kier alpha value is -2.34. The van der Waals surface area contributed by atoms with E-state index in [1.165, 1.54) is 4.68 Å². The van der Waals surface area contributed by atoms with E-state index in [4.69, 9.17) is 14.6 Å². The highest BCUT2D eigenvalue weighted by molar-refractivity contribution is 5.30. The van der Waals surface area contributed by atoms with Gasteiger partial charge in [0.05, 0.1) is 23.9 Å². The van der Waals surface area contributed by atoms with E-state index < -0.39 is 0 Å². The molecule has 6 heteroatoms. The first kappa shape index (κ1) is 20.0. The smallest absolute Gasteiger partial charge is 0.273 e. The van der Waals surface area contributed by atoms with Crippen LogP contribution < -0.4 is 10.3 Å². The molecular weight excluding hydrogens is 332 g/mol. The van der Waals surface area contributed by atoms with E-state index in [0.29, 0.717) is 30.9 Å². The van der Waals surface area contributed by atoms with Crippen molar-refractivity contribution >= 4 is 0 Å². The number of aliphatic hydroxyl groups excluding tert-OH is 1. The third-order valence-electron chi connectivity index (χ3n) is 3.94. The Morgan fingerprint density at radius 2 is 2.04 bits per heavy atom. The van der Waals surface area contributed by atoms with Gasteiger partial charge in [-0.1, -0.05) is 12.2 Å². The lowest BCUT2D eigenvalue weighted by Gasteiger charge is -2.21. The fourth-order valence-corrected chi connectivity index (χ4v) is 2.43. The Bertz CT molecular complexity index is 767. The third-order valence-corrected chi connectivity index (χ3v) is 3.94. The Morgan fingerprint density at radius 1 is 1.27 bits per heavy atom. The molecule has 0 bridgehead atoms. The van der Waals surface area contributed by atoms with Gasteiger partial charge >= 0.3 is 0 Å². The fraction of sp³-hybridized carbons (Fsp3) is 0.500. The minimum absolute atomic E-state index is 0.118. The highest BCUT2D eigenvalue weighted by atomic mass is 16.5. The van der Waals surface area contributed by atoms with Crippen LogP contribution in [0.5, 0.6) is 5.75 Å². The molecule has 0 saturated carbocycles. The average Bonchev–Trinajstić information content (AvgIpc) is 2.81. The molecule has 142 valence electrons. The van der Waals surface area contributed by atoms with Gasteiger partial charge in [-0.25, -0.2) is 4.68 Å². The van der Waals surface area contributed by atoms with Gasteiger partial charge < -0.3 is 14.6 Å². The zero-order chi connectivity index (χ0) is 19.2. The van der Waals surface area contributed by atoms with Crippen molar-refractivity contribution in [3.63, 3.8) is 0 Å². The van der Waals surface area contributed by atoms with Crippen LogP contribution in [-0.4, -0.2) is 34.7 Å². The topological polar surface area (TPSA) is 73.6 Å². The molecule has 0 unspecified atom stereocenters. The Kier molecular flexibility index (Phi) is 6.80. The quantitative estimate of drug-likeness (QED) is 0.757. The molecule has 1 aromatic rings. The maximum atomic E-state index is 12.5. The molecule has 0 aliphatic heterocycles. The van der Waals surface area contributed by atoms with Crippen LogP contribution >= 0.6 is 0 Å². The molecule has 1 aliphatic rings. The molecule has 0 saturated heterocycles. The van der Waals surface area contributed by atoms with Crippen LogP contribution in [0.4, 0.5) is 0 Å². The molecule has 1 aliphatic carbocycles. The van der Waals surface area contributed by atoms with Crippen LogP contribution in [0.3, 0.4) is 0 Å². The second-order valence-electron chi connectivity index (χ2n) is 7.24. The maximum absolute atomic E-state index is 12.5. The summed E-state index contributed by atoms with van der Waals surface area (Å²) in [5.41, 5.74) is 1.13. The van der Waals surface area contributed by atoms with E-state index in [-0.39, 0.29) is 17.7 Å². The molecule has 1 N–H and O–H groups in total. The van der Waals surface area contributed by atoms with E-state index in [1.807, 2.05) is 45.1 Å². The summed E-state index contributed by atoms with van der Waals surface area (Å²) in [6.07, 6.45) is 10.7. The van der Waals surface area contributed by atoms with Gasteiger partial charge in [-0.05, 0) is 51.8 Å². The van der Waals surface area contributed by atoms with E-state index in [1.54, 1.807) is 13.1 Å². The van der Waals surface area contributed by atoms with E-state index in [9.17, 15) is 4.79 Å². The van der Waals surface area contributed by atoms with Gasteiger partial charge in [0.1, 0.15) is 18.1 Å². The van der Waals surface area contributed by atoms with Gasteiger partial charge in [0.25, 0.3) is 5.56 Å². The van der Waals surface area contributed by atoms with Gasteiger partial charge in [-0.2, -0.15) is 5.10 Å². The number of aromatic nitrogens is 2. The molecule has 0 fully saturated rings. The van der Waals surface area contributed by atoms with Crippen LogP contribution in [-0.2, 0) is 10.3 Å². The number of aliphatic hydroxyl groups is 1. The second-order valence-corrected chi connectivity index (χ2v) is 7.24. The summed E-state index contributed by atoms with van der Waals surface area (Å²) in [5, 5.41) is 13.0. The predicted molar refractivity (Wildman–Crippen MR) is 101 cm³/mol. The first-order valence-electron chi connectivity index (χ1n) is 8.85. The summed E-state index contributed by atoms with van der Waals surface area (Å²) in [4.78, 5) is 12.5. The zero-order valence-corrected chi connectivity index (χ0v) is 16.0. The summed E-state index contributed by atoms with van der Waals surface area (Å²) in [6, 6.07) is 0. The summed E-state index contributed by atoms with van der Waals surface area (Å²) >= 11 is 0.